The lowest BCUT2D eigenvalue weighted by Crippen LogP contribution is -2.51. The van der Waals surface area contributed by atoms with Crippen LogP contribution in [0.1, 0.15) is 37.1 Å². The van der Waals surface area contributed by atoms with Gasteiger partial charge >= 0.3 is 0 Å². The number of likely N-dealkylation sites (tertiary alicyclic amines) is 1. The number of aromatic amines is 1. The van der Waals surface area contributed by atoms with Crippen molar-refractivity contribution in [2.24, 2.45) is 0 Å². The lowest BCUT2D eigenvalue weighted by molar-refractivity contribution is -0.0880. The fourth-order valence-electron chi connectivity index (χ4n) is 3.70. The maximum absolute atomic E-state index is 9.96. The van der Waals surface area contributed by atoms with Gasteiger partial charge in [0.25, 0.3) is 0 Å². The van der Waals surface area contributed by atoms with E-state index in [1.165, 1.54) is 0 Å². The van der Waals surface area contributed by atoms with Crippen molar-refractivity contribution in [1.29, 1.82) is 0 Å². The molecular weight excluding hydrogens is 242 g/mol. The van der Waals surface area contributed by atoms with Crippen molar-refractivity contribution in [3.8, 4) is 0 Å². The average molecular weight is 265 g/mol. The Balaban J connectivity index is 1.78. The lowest BCUT2D eigenvalue weighted by atomic mass is 9.79. The van der Waals surface area contributed by atoms with Gasteiger partial charge in [-0.3, -0.25) is 4.90 Å². The van der Waals surface area contributed by atoms with Gasteiger partial charge in [0.2, 0.25) is 0 Å². The molecule has 1 saturated carbocycles. The minimum Gasteiger partial charge on any atom is -0.393 e. The topological polar surface area (TPSA) is 61.4 Å². The molecule has 0 bridgehead atoms. The molecule has 3 rings (SSSR count). The van der Waals surface area contributed by atoms with Crippen molar-refractivity contribution in [1.82, 2.24) is 14.9 Å². The van der Waals surface area contributed by atoms with Crippen molar-refractivity contribution in [2.75, 3.05) is 13.7 Å². The minimum absolute atomic E-state index is 0.0521. The van der Waals surface area contributed by atoms with Crippen LogP contribution in [0.5, 0.6) is 0 Å². The van der Waals surface area contributed by atoms with Gasteiger partial charge in [-0.2, -0.15) is 0 Å². The van der Waals surface area contributed by atoms with Crippen LogP contribution in [-0.4, -0.2) is 51.4 Å². The molecule has 2 aliphatic rings. The van der Waals surface area contributed by atoms with Crippen LogP contribution in [-0.2, 0) is 11.3 Å². The van der Waals surface area contributed by atoms with Crippen LogP contribution in [0.25, 0.3) is 0 Å². The molecule has 0 spiro atoms. The molecule has 5 heteroatoms. The predicted molar refractivity (Wildman–Crippen MR) is 71.7 cm³/mol. The summed E-state index contributed by atoms with van der Waals surface area (Å²) in [6.07, 6.45) is 5.27. The molecule has 1 aliphatic heterocycles. The van der Waals surface area contributed by atoms with Gasteiger partial charge in [-0.05, 0) is 32.6 Å². The number of nitrogens with one attached hydrogen (secondary N) is 1. The van der Waals surface area contributed by atoms with Crippen LogP contribution < -0.4 is 0 Å². The second kappa shape index (κ2) is 4.89. The Morgan fingerprint density at radius 3 is 3.11 bits per heavy atom. The quantitative estimate of drug-likeness (QED) is 0.862. The van der Waals surface area contributed by atoms with E-state index in [4.69, 9.17) is 4.74 Å². The zero-order valence-corrected chi connectivity index (χ0v) is 11.7. The van der Waals surface area contributed by atoms with Gasteiger partial charge in [-0.15, -0.1) is 0 Å². The Morgan fingerprint density at radius 1 is 1.58 bits per heavy atom. The van der Waals surface area contributed by atoms with Crippen molar-refractivity contribution < 1.29 is 9.84 Å². The summed E-state index contributed by atoms with van der Waals surface area (Å²) in [5, 5.41) is 9.96. The van der Waals surface area contributed by atoms with Gasteiger partial charge in [0.05, 0.1) is 23.7 Å². The molecule has 1 aliphatic carbocycles. The zero-order chi connectivity index (χ0) is 13.5. The van der Waals surface area contributed by atoms with E-state index in [0.717, 1.165) is 50.2 Å². The fraction of sp³-hybridized carbons (Fsp3) is 0.786. The highest BCUT2D eigenvalue weighted by atomic mass is 16.5. The van der Waals surface area contributed by atoms with Crippen molar-refractivity contribution in [2.45, 2.75) is 56.9 Å². The largest absolute Gasteiger partial charge is 0.393 e. The van der Waals surface area contributed by atoms with E-state index in [0.29, 0.717) is 6.04 Å². The molecule has 19 heavy (non-hydrogen) atoms. The van der Waals surface area contributed by atoms with Crippen LogP contribution in [0.15, 0.2) is 6.33 Å². The third kappa shape index (κ3) is 2.20. The highest BCUT2D eigenvalue weighted by Gasteiger charge is 2.50. The average Bonchev–Trinajstić information content (AvgIpc) is 2.96. The van der Waals surface area contributed by atoms with Crippen molar-refractivity contribution in [3.63, 3.8) is 0 Å². The lowest BCUT2D eigenvalue weighted by Gasteiger charge is -2.42. The minimum atomic E-state index is -0.186. The van der Waals surface area contributed by atoms with Crippen LogP contribution in [0.4, 0.5) is 0 Å². The van der Waals surface area contributed by atoms with Gasteiger partial charge in [0.15, 0.2) is 0 Å². The molecule has 1 aromatic rings. The zero-order valence-electron chi connectivity index (χ0n) is 11.7. The number of aliphatic hydroxyl groups is 1. The highest BCUT2D eigenvalue weighted by molar-refractivity contribution is 5.12. The summed E-state index contributed by atoms with van der Waals surface area (Å²) in [6, 6.07) is 0.317. The van der Waals surface area contributed by atoms with Crippen LogP contribution in [0.2, 0.25) is 0 Å². The van der Waals surface area contributed by atoms with E-state index in [1.807, 2.05) is 7.11 Å². The SMILES string of the molecule is CO[C@@]12CC[C@H](O)C[C@@H]1N(Cc1nc[nH]c1C)CC2. The monoisotopic (exact) mass is 265 g/mol. The number of methoxy groups -OCH3 is 1. The first-order valence-corrected chi connectivity index (χ1v) is 7.11. The first-order chi connectivity index (χ1) is 9.14. The fourth-order valence-corrected chi connectivity index (χ4v) is 3.70. The summed E-state index contributed by atoms with van der Waals surface area (Å²) in [7, 11) is 1.81. The molecule has 106 valence electrons. The summed E-state index contributed by atoms with van der Waals surface area (Å²) in [5.41, 5.74) is 2.18. The van der Waals surface area contributed by atoms with Gasteiger partial charge in [-0.25, -0.2) is 4.98 Å². The number of hydrogen-bond acceptors (Lipinski definition) is 4. The van der Waals surface area contributed by atoms with Crippen molar-refractivity contribution in [3.05, 3.63) is 17.7 Å². The van der Waals surface area contributed by atoms with Gasteiger partial charge < -0.3 is 14.8 Å². The Kier molecular flexibility index (Phi) is 3.37. The standard InChI is InChI=1S/C14H23N3O2/c1-10-12(16-9-15-10)8-17-6-5-14(19-2)4-3-11(18)7-13(14)17/h9,11,13,18H,3-8H2,1-2H3,(H,15,16)/t11-,13-,14+/m0/s1. The highest BCUT2D eigenvalue weighted by Crippen LogP contribution is 2.42. The third-order valence-electron chi connectivity index (χ3n) is 4.96. The predicted octanol–water partition coefficient (Wildman–Crippen LogP) is 1.22. The maximum Gasteiger partial charge on any atom is 0.0925 e. The smallest absolute Gasteiger partial charge is 0.0925 e. The van der Waals surface area contributed by atoms with Gasteiger partial charge in [0, 0.05) is 31.9 Å². The van der Waals surface area contributed by atoms with Gasteiger partial charge in [-0.1, -0.05) is 0 Å². The first-order valence-electron chi connectivity index (χ1n) is 7.11. The van der Waals surface area contributed by atoms with E-state index in [1.54, 1.807) is 6.33 Å². The second-order valence-corrected chi connectivity index (χ2v) is 5.91. The molecule has 2 N–H and O–H groups in total. The number of imidazole rings is 1. The number of fused-ring (bicyclic) bond motifs is 1. The normalized spacial score (nSPS) is 35.5. The number of H-pyrrole nitrogens is 1. The molecule has 3 atom stereocenters. The van der Waals surface area contributed by atoms with Gasteiger partial charge in [0.1, 0.15) is 0 Å². The van der Waals surface area contributed by atoms with Crippen LogP contribution in [0.3, 0.4) is 0 Å². The maximum atomic E-state index is 9.96. The number of hydrogen-bond donors (Lipinski definition) is 2. The molecule has 1 aromatic heterocycles. The van der Waals surface area contributed by atoms with Crippen molar-refractivity contribution >= 4 is 0 Å². The van der Waals surface area contributed by atoms with E-state index in [-0.39, 0.29) is 11.7 Å². The van der Waals surface area contributed by atoms with Crippen LogP contribution >= 0.6 is 0 Å². The number of ether oxygens (including phenoxy) is 1. The molecule has 0 radical (unpaired) electrons. The molecule has 0 aromatic carbocycles. The molecular formula is C14H23N3O2. The summed E-state index contributed by atoms with van der Waals surface area (Å²) in [4.78, 5) is 9.94. The Hall–Kier alpha value is -0.910. The van der Waals surface area contributed by atoms with E-state index in [2.05, 4.69) is 21.8 Å². The second-order valence-electron chi connectivity index (χ2n) is 5.91. The first kappa shape index (κ1) is 13.1. The molecule has 1 saturated heterocycles. The molecule has 2 heterocycles. The Labute approximate surface area is 114 Å². The number of rotatable bonds is 3. The summed E-state index contributed by atoms with van der Waals surface area (Å²) in [5.74, 6) is 0. The van der Waals surface area contributed by atoms with E-state index < -0.39 is 0 Å². The molecule has 0 unspecified atom stereocenters. The Morgan fingerprint density at radius 2 is 2.42 bits per heavy atom. The summed E-state index contributed by atoms with van der Waals surface area (Å²) in [6.45, 7) is 3.92. The molecule has 5 nitrogen and oxygen atoms in total. The van der Waals surface area contributed by atoms with Crippen LogP contribution in [0, 0.1) is 6.92 Å². The Bertz CT molecular complexity index is 448. The third-order valence-corrected chi connectivity index (χ3v) is 4.96. The number of aromatic nitrogens is 2. The van der Waals surface area contributed by atoms with E-state index >= 15 is 0 Å². The summed E-state index contributed by atoms with van der Waals surface area (Å²) < 4.78 is 5.85. The van der Waals surface area contributed by atoms with E-state index in [9.17, 15) is 5.11 Å². The number of aryl methyl sites for hydroxylation is 1. The number of nitrogens with zero attached hydrogens (tertiary/aromatic N) is 2. The summed E-state index contributed by atoms with van der Waals surface area (Å²) >= 11 is 0. The molecule has 0 amide bonds. The molecule has 2 fully saturated rings. The number of aliphatic hydroxyl groups excluding tert-OH is 1.